The van der Waals surface area contributed by atoms with Crippen LogP contribution in [0.5, 0.6) is 0 Å². The number of carbonyl (C=O) groups is 2. The molecule has 160 valence electrons. The minimum absolute atomic E-state index is 0.267. The highest BCUT2D eigenvalue weighted by Crippen LogP contribution is 2.53. The topological polar surface area (TPSA) is 66.4 Å². The number of carbonyl (C=O) groups excluding carboxylic acids is 1. The second-order valence-electron chi connectivity index (χ2n) is 9.57. The molecule has 2 aromatic rings. The number of nitrogens with one attached hydrogen (secondary N) is 1. The summed E-state index contributed by atoms with van der Waals surface area (Å²) < 4.78 is 0. The van der Waals surface area contributed by atoms with Gasteiger partial charge in [-0.05, 0) is 73.0 Å². The van der Waals surface area contributed by atoms with Crippen LogP contribution in [0.4, 0.5) is 0 Å². The van der Waals surface area contributed by atoms with Gasteiger partial charge in [-0.25, -0.2) is 4.79 Å². The van der Waals surface area contributed by atoms with Gasteiger partial charge in [0.2, 0.25) is 0 Å². The number of fused-ring (bicyclic) bond motifs is 1. The Morgan fingerprint density at radius 1 is 1.27 bits per heavy atom. The predicted octanol–water partition coefficient (Wildman–Crippen LogP) is 5.11. The van der Waals surface area contributed by atoms with Gasteiger partial charge in [-0.2, -0.15) is 0 Å². The molecule has 4 rings (SSSR count). The van der Waals surface area contributed by atoms with E-state index >= 15 is 0 Å². The second kappa shape index (κ2) is 8.54. The first-order valence-electron chi connectivity index (χ1n) is 11.0. The van der Waals surface area contributed by atoms with Crippen LogP contribution in [0.2, 0.25) is 0 Å². The molecular formula is C25H31NO3S. The Bertz CT molecular complexity index is 914. The summed E-state index contributed by atoms with van der Waals surface area (Å²) in [4.78, 5) is 26.6. The van der Waals surface area contributed by atoms with E-state index in [1.54, 1.807) is 11.3 Å². The summed E-state index contributed by atoms with van der Waals surface area (Å²) in [6.07, 6.45) is 7.43. The van der Waals surface area contributed by atoms with Crippen molar-refractivity contribution in [3.05, 3.63) is 57.3 Å². The molecule has 0 aliphatic heterocycles. The van der Waals surface area contributed by atoms with Gasteiger partial charge in [-0.3, -0.25) is 4.79 Å². The van der Waals surface area contributed by atoms with Crippen LogP contribution in [0.3, 0.4) is 0 Å². The van der Waals surface area contributed by atoms with E-state index in [4.69, 9.17) is 0 Å². The summed E-state index contributed by atoms with van der Waals surface area (Å²) >= 11 is 1.55. The maximum absolute atomic E-state index is 12.9. The fourth-order valence-electron chi connectivity index (χ4n) is 5.58. The highest BCUT2D eigenvalue weighted by Gasteiger charge is 2.44. The first-order chi connectivity index (χ1) is 14.3. The fraction of sp³-hybridized carbons (Fsp3) is 0.520. The van der Waals surface area contributed by atoms with E-state index in [1.165, 1.54) is 36.1 Å². The molecule has 0 spiro atoms. The summed E-state index contributed by atoms with van der Waals surface area (Å²) in [5.41, 5.74) is 2.65. The number of rotatable bonds is 6. The average molecular weight is 426 g/mol. The highest BCUT2D eigenvalue weighted by molar-refractivity contribution is 7.14. The molecule has 2 aliphatic rings. The third-order valence-electron chi connectivity index (χ3n) is 7.04. The zero-order valence-corrected chi connectivity index (χ0v) is 18.6. The number of thiophene rings is 1. The van der Waals surface area contributed by atoms with Crippen LogP contribution in [0, 0.1) is 17.3 Å². The first-order valence-corrected chi connectivity index (χ1v) is 11.8. The van der Waals surface area contributed by atoms with Crippen molar-refractivity contribution in [2.45, 2.75) is 64.8 Å². The van der Waals surface area contributed by atoms with Gasteiger partial charge in [0.05, 0.1) is 4.88 Å². The minimum Gasteiger partial charge on any atom is -0.480 e. The van der Waals surface area contributed by atoms with E-state index in [0.717, 1.165) is 24.3 Å². The largest absolute Gasteiger partial charge is 0.480 e. The Hall–Kier alpha value is -2.14. The van der Waals surface area contributed by atoms with Crippen molar-refractivity contribution in [1.29, 1.82) is 0 Å². The Balaban J connectivity index is 1.46. The molecule has 0 bridgehead atoms. The van der Waals surface area contributed by atoms with Gasteiger partial charge >= 0.3 is 5.97 Å². The number of amides is 1. The van der Waals surface area contributed by atoms with Gasteiger partial charge in [-0.1, -0.05) is 44.2 Å². The monoisotopic (exact) mass is 425 g/mol. The lowest BCUT2D eigenvalue weighted by Gasteiger charge is -2.49. The van der Waals surface area contributed by atoms with E-state index < -0.39 is 12.0 Å². The molecule has 2 unspecified atom stereocenters. The van der Waals surface area contributed by atoms with Crippen molar-refractivity contribution in [2.24, 2.45) is 17.3 Å². The SMILES string of the molecule is CC1CC(C)(C2CCCc3sc(C(=O)NC(Cc4ccccc4)C(=O)O)cc3C2)C1. The highest BCUT2D eigenvalue weighted by atomic mass is 32.1. The van der Waals surface area contributed by atoms with Gasteiger partial charge in [0, 0.05) is 11.3 Å². The van der Waals surface area contributed by atoms with Gasteiger partial charge in [-0.15, -0.1) is 11.3 Å². The molecule has 1 aromatic heterocycles. The summed E-state index contributed by atoms with van der Waals surface area (Å²) in [7, 11) is 0. The summed E-state index contributed by atoms with van der Waals surface area (Å²) in [5.74, 6) is 0.248. The average Bonchev–Trinajstić information content (AvgIpc) is 2.98. The van der Waals surface area contributed by atoms with Crippen molar-refractivity contribution < 1.29 is 14.7 Å². The van der Waals surface area contributed by atoms with Crippen LogP contribution in [0.1, 0.15) is 65.2 Å². The third-order valence-corrected chi connectivity index (χ3v) is 8.28. The van der Waals surface area contributed by atoms with Crippen molar-refractivity contribution >= 4 is 23.2 Å². The number of aryl methyl sites for hydroxylation is 1. The van der Waals surface area contributed by atoms with Gasteiger partial charge < -0.3 is 10.4 Å². The van der Waals surface area contributed by atoms with Crippen molar-refractivity contribution in [1.82, 2.24) is 5.32 Å². The Kier molecular flexibility index (Phi) is 6.01. The van der Waals surface area contributed by atoms with Crippen LogP contribution < -0.4 is 5.32 Å². The normalized spacial score (nSPS) is 26.7. The predicted molar refractivity (Wildman–Crippen MR) is 120 cm³/mol. The quantitative estimate of drug-likeness (QED) is 0.633. The standard InChI is InChI=1S/C25H31NO3S/c1-16-14-25(2,15-16)19-9-6-10-21-18(12-19)13-22(30-21)23(27)26-20(24(28)29)11-17-7-4-3-5-8-17/h3-5,7-8,13,16,19-20H,6,9-12,14-15H2,1-2H3,(H,26,27)(H,28,29). The van der Waals surface area contributed by atoms with Gasteiger partial charge in [0.15, 0.2) is 0 Å². The van der Waals surface area contributed by atoms with Crippen molar-refractivity contribution in [3.63, 3.8) is 0 Å². The van der Waals surface area contributed by atoms with E-state index in [2.05, 4.69) is 19.2 Å². The summed E-state index contributed by atoms with van der Waals surface area (Å²) in [6.45, 7) is 4.77. The zero-order valence-electron chi connectivity index (χ0n) is 17.8. The Morgan fingerprint density at radius 2 is 2.00 bits per heavy atom. The molecule has 1 fully saturated rings. The number of hydrogen-bond donors (Lipinski definition) is 2. The molecule has 5 heteroatoms. The Morgan fingerprint density at radius 3 is 2.67 bits per heavy atom. The third kappa shape index (κ3) is 4.46. The van der Waals surface area contributed by atoms with E-state index in [0.29, 0.717) is 16.2 Å². The number of carboxylic acids is 1. The molecule has 0 radical (unpaired) electrons. The Labute approximate surface area is 182 Å². The van der Waals surface area contributed by atoms with Crippen LogP contribution in [-0.4, -0.2) is 23.0 Å². The van der Waals surface area contributed by atoms with Crippen LogP contribution in [0.25, 0.3) is 0 Å². The zero-order chi connectivity index (χ0) is 21.3. The van der Waals surface area contributed by atoms with Crippen molar-refractivity contribution in [2.75, 3.05) is 0 Å². The lowest BCUT2D eigenvalue weighted by atomic mass is 9.56. The van der Waals surface area contributed by atoms with Crippen LogP contribution >= 0.6 is 11.3 Å². The minimum atomic E-state index is -1.00. The molecule has 2 atom stereocenters. The van der Waals surface area contributed by atoms with Crippen molar-refractivity contribution in [3.8, 4) is 0 Å². The maximum atomic E-state index is 12.9. The number of hydrogen-bond acceptors (Lipinski definition) is 3. The molecular weight excluding hydrogens is 394 g/mol. The lowest BCUT2D eigenvalue weighted by Crippen LogP contribution is -2.42. The first kappa shape index (κ1) is 21.1. The van der Waals surface area contributed by atoms with E-state index in [9.17, 15) is 14.7 Å². The molecule has 1 amide bonds. The smallest absolute Gasteiger partial charge is 0.326 e. The molecule has 1 saturated carbocycles. The molecule has 0 saturated heterocycles. The van der Waals surface area contributed by atoms with Gasteiger partial charge in [0.1, 0.15) is 6.04 Å². The number of benzene rings is 1. The number of aliphatic carboxylic acids is 1. The molecule has 1 heterocycles. The summed E-state index contributed by atoms with van der Waals surface area (Å²) in [5, 5.41) is 12.3. The maximum Gasteiger partial charge on any atom is 0.326 e. The molecule has 2 N–H and O–H groups in total. The molecule has 2 aliphatic carbocycles. The molecule has 4 nitrogen and oxygen atoms in total. The van der Waals surface area contributed by atoms with Crippen LogP contribution in [0.15, 0.2) is 36.4 Å². The molecule has 1 aromatic carbocycles. The van der Waals surface area contributed by atoms with Gasteiger partial charge in [0.25, 0.3) is 5.91 Å². The lowest BCUT2D eigenvalue weighted by molar-refractivity contribution is -0.139. The van der Waals surface area contributed by atoms with E-state index in [1.807, 2.05) is 36.4 Å². The van der Waals surface area contributed by atoms with Crippen LogP contribution in [-0.2, 0) is 24.1 Å². The molecule has 30 heavy (non-hydrogen) atoms. The number of carboxylic acid groups (broad SMARTS) is 1. The second-order valence-corrected chi connectivity index (χ2v) is 10.7. The summed E-state index contributed by atoms with van der Waals surface area (Å²) in [6, 6.07) is 10.5. The van der Waals surface area contributed by atoms with E-state index in [-0.39, 0.29) is 12.3 Å². The fourth-order valence-corrected chi connectivity index (χ4v) is 6.72.